The summed E-state index contributed by atoms with van der Waals surface area (Å²) < 4.78 is 5.32. The predicted molar refractivity (Wildman–Crippen MR) is 82.8 cm³/mol. The standard InChI is InChI=1S/C16H25N3O2/c1-18(2)9-10-19(12-14-6-4-3-5-7-14)15(20)16(17)8-11-21-13-16/h3-7H,8-13,17H2,1-2H3. The molecule has 0 aromatic heterocycles. The van der Waals surface area contributed by atoms with Crippen LogP contribution in [0.4, 0.5) is 0 Å². The molecule has 1 heterocycles. The Bertz CT molecular complexity index is 456. The molecule has 1 unspecified atom stereocenters. The zero-order chi connectivity index (χ0) is 15.3. The lowest BCUT2D eigenvalue weighted by Gasteiger charge is -2.31. The molecule has 1 fully saturated rings. The minimum absolute atomic E-state index is 0.00861. The maximum atomic E-state index is 12.8. The van der Waals surface area contributed by atoms with Gasteiger partial charge in [0.15, 0.2) is 0 Å². The van der Waals surface area contributed by atoms with Crippen LogP contribution in [0.2, 0.25) is 0 Å². The average Bonchev–Trinajstić information content (AvgIpc) is 2.92. The molecule has 0 bridgehead atoms. The van der Waals surface area contributed by atoms with Gasteiger partial charge in [0.2, 0.25) is 5.91 Å². The van der Waals surface area contributed by atoms with Crippen LogP contribution in [-0.2, 0) is 16.1 Å². The van der Waals surface area contributed by atoms with Crippen molar-refractivity contribution in [1.82, 2.24) is 9.80 Å². The molecule has 1 aromatic rings. The zero-order valence-electron chi connectivity index (χ0n) is 12.9. The molecule has 2 N–H and O–H groups in total. The summed E-state index contributed by atoms with van der Waals surface area (Å²) in [7, 11) is 4.00. The number of likely N-dealkylation sites (N-methyl/N-ethyl adjacent to an activating group) is 1. The van der Waals surface area contributed by atoms with E-state index >= 15 is 0 Å². The highest BCUT2D eigenvalue weighted by Gasteiger charge is 2.40. The van der Waals surface area contributed by atoms with Gasteiger partial charge in [0.25, 0.3) is 0 Å². The number of benzene rings is 1. The van der Waals surface area contributed by atoms with Crippen LogP contribution in [0.1, 0.15) is 12.0 Å². The highest BCUT2D eigenvalue weighted by atomic mass is 16.5. The highest BCUT2D eigenvalue weighted by molar-refractivity contribution is 5.86. The Balaban J connectivity index is 2.09. The second-order valence-corrected chi connectivity index (χ2v) is 5.97. The van der Waals surface area contributed by atoms with Crippen molar-refractivity contribution < 1.29 is 9.53 Å². The monoisotopic (exact) mass is 291 g/mol. The van der Waals surface area contributed by atoms with E-state index < -0.39 is 5.54 Å². The molecule has 1 aromatic carbocycles. The Kier molecular flexibility index (Phi) is 5.33. The van der Waals surface area contributed by atoms with Gasteiger partial charge in [0.1, 0.15) is 5.54 Å². The van der Waals surface area contributed by atoms with Gasteiger partial charge in [-0.1, -0.05) is 30.3 Å². The molecular formula is C16H25N3O2. The molecule has 1 amide bonds. The summed E-state index contributed by atoms with van der Waals surface area (Å²) in [6, 6.07) is 10.0. The van der Waals surface area contributed by atoms with Gasteiger partial charge in [-0.3, -0.25) is 4.79 Å². The Morgan fingerprint density at radius 1 is 1.29 bits per heavy atom. The third kappa shape index (κ3) is 4.27. The van der Waals surface area contributed by atoms with E-state index in [2.05, 4.69) is 4.90 Å². The fourth-order valence-electron chi connectivity index (χ4n) is 2.44. The van der Waals surface area contributed by atoms with Crippen molar-refractivity contribution in [2.75, 3.05) is 40.4 Å². The van der Waals surface area contributed by atoms with Crippen LogP contribution in [0.3, 0.4) is 0 Å². The van der Waals surface area contributed by atoms with E-state index in [1.807, 2.05) is 49.3 Å². The fourth-order valence-corrected chi connectivity index (χ4v) is 2.44. The summed E-state index contributed by atoms with van der Waals surface area (Å²) in [5.74, 6) is -0.00861. The second kappa shape index (κ2) is 7.02. The van der Waals surface area contributed by atoms with E-state index in [9.17, 15) is 4.79 Å². The molecule has 0 saturated carbocycles. The topological polar surface area (TPSA) is 58.8 Å². The van der Waals surface area contributed by atoms with Gasteiger partial charge in [-0.2, -0.15) is 0 Å². The largest absolute Gasteiger partial charge is 0.379 e. The number of carbonyl (C=O) groups is 1. The number of nitrogens with zero attached hydrogens (tertiary/aromatic N) is 2. The van der Waals surface area contributed by atoms with Crippen LogP contribution >= 0.6 is 0 Å². The first-order chi connectivity index (χ1) is 10.0. The number of hydrogen-bond acceptors (Lipinski definition) is 4. The van der Waals surface area contributed by atoms with Crippen LogP contribution in [0.25, 0.3) is 0 Å². The Morgan fingerprint density at radius 2 is 2.00 bits per heavy atom. The van der Waals surface area contributed by atoms with Crippen molar-refractivity contribution in [2.24, 2.45) is 5.73 Å². The van der Waals surface area contributed by atoms with Gasteiger partial charge in [0, 0.05) is 26.2 Å². The molecule has 1 atom stereocenters. The van der Waals surface area contributed by atoms with Crippen LogP contribution in [0.5, 0.6) is 0 Å². The first-order valence-electron chi connectivity index (χ1n) is 7.36. The molecule has 0 aliphatic carbocycles. The molecule has 5 heteroatoms. The minimum atomic E-state index is -0.860. The smallest absolute Gasteiger partial charge is 0.245 e. The molecule has 5 nitrogen and oxygen atoms in total. The molecule has 116 valence electrons. The fraction of sp³-hybridized carbons (Fsp3) is 0.562. The molecule has 0 spiro atoms. The van der Waals surface area contributed by atoms with E-state index in [4.69, 9.17) is 10.5 Å². The number of ether oxygens (including phenoxy) is 1. The van der Waals surface area contributed by atoms with Crippen molar-refractivity contribution in [1.29, 1.82) is 0 Å². The number of hydrogen-bond donors (Lipinski definition) is 1. The van der Waals surface area contributed by atoms with Crippen molar-refractivity contribution in [3.05, 3.63) is 35.9 Å². The summed E-state index contributed by atoms with van der Waals surface area (Å²) >= 11 is 0. The van der Waals surface area contributed by atoms with Gasteiger partial charge in [-0.05, 0) is 26.1 Å². The number of nitrogens with two attached hydrogens (primary N) is 1. The third-order valence-electron chi connectivity index (χ3n) is 3.80. The van der Waals surface area contributed by atoms with Crippen LogP contribution < -0.4 is 5.73 Å². The molecule has 1 saturated heterocycles. The van der Waals surface area contributed by atoms with Gasteiger partial charge in [-0.15, -0.1) is 0 Å². The minimum Gasteiger partial charge on any atom is -0.379 e. The lowest BCUT2D eigenvalue weighted by Crippen LogP contribution is -2.56. The molecule has 21 heavy (non-hydrogen) atoms. The molecule has 0 radical (unpaired) electrons. The summed E-state index contributed by atoms with van der Waals surface area (Å²) in [6.45, 7) is 2.95. The van der Waals surface area contributed by atoms with Gasteiger partial charge < -0.3 is 20.3 Å². The second-order valence-electron chi connectivity index (χ2n) is 5.97. The van der Waals surface area contributed by atoms with E-state index in [-0.39, 0.29) is 5.91 Å². The SMILES string of the molecule is CN(C)CCN(Cc1ccccc1)C(=O)C1(N)CCOC1. The van der Waals surface area contributed by atoms with Gasteiger partial charge in [-0.25, -0.2) is 0 Å². The van der Waals surface area contributed by atoms with Gasteiger partial charge >= 0.3 is 0 Å². The Morgan fingerprint density at radius 3 is 2.57 bits per heavy atom. The molecule has 2 rings (SSSR count). The Labute approximate surface area is 126 Å². The number of amides is 1. The van der Waals surface area contributed by atoms with E-state index in [1.165, 1.54) is 0 Å². The van der Waals surface area contributed by atoms with Crippen molar-refractivity contribution in [3.63, 3.8) is 0 Å². The summed E-state index contributed by atoms with van der Waals surface area (Å²) in [5.41, 5.74) is 6.49. The molecular weight excluding hydrogens is 266 g/mol. The predicted octanol–water partition coefficient (Wildman–Crippen LogP) is 0.695. The van der Waals surface area contributed by atoms with E-state index in [0.29, 0.717) is 32.7 Å². The highest BCUT2D eigenvalue weighted by Crippen LogP contribution is 2.20. The molecule has 1 aliphatic heterocycles. The zero-order valence-corrected chi connectivity index (χ0v) is 12.9. The summed E-state index contributed by atoms with van der Waals surface area (Å²) in [6.07, 6.45) is 0.596. The molecule has 1 aliphatic rings. The number of rotatable bonds is 6. The van der Waals surface area contributed by atoms with Crippen LogP contribution in [0, 0.1) is 0 Å². The lowest BCUT2D eigenvalue weighted by molar-refractivity contribution is -0.137. The normalized spacial score (nSPS) is 21.7. The third-order valence-corrected chi connectivity index (χ3v) is 3.80. The summed E-state index contributed by atoms with van der Waals surface area (Å²) in [4.78, 5) is 16.7. The quantitative estimate of drug-likeness (QED) is 0.838. The van der Waals surface area contributed by atoms with Crippen LogP contribution in [-0.4, -0.2) is 61.6 Å². The van der Waals surface area contributed by atoms with Gasteiger partial charge in [0.05, 0.1) is 6.61 Å². The van der Waals surface area contributed by atoms with Crippen LogP contribution in [0.15, 0.2) is 30.3 Å². The first-order valence-corrected chi connectivity index (χ1v) is 7.36. The maximum absolute atomic E-state index is 12.8. The van der Waals surface area contributed by atoms with Crippen molar-refractivity contribution in [2.45, 2.75) is 18.5 Å². The van der Waals surface area contributed by atoms with E-state index in [0.717, 1.165) is 12.1 Å². The Hall–Kier alpha value is -1.43. The van der Waals surface area contributed by atoms with E-state index in [1.54, 1.807) is 0 Å². The maximum Gasteiger partial charge on any atom is 0.245 e. The van der Waals surface area contributed by atoms with Crippen molar-refractivity contribution >= 4 is 5.91 Å². The first kappa shape index (κ1) is 15.9. The summed E-state index contributed by atoms with van der Waals surface area (Å²) in [5, 5.41) is 0. The average molecular weight is 291 g/mol. The van der Waals surface area contributed by atoms with Crippen molar-refractivity contribution in [3.8, 4) is 0 Å². The lowest BCUT2D eigenvalue weighted by atomic mass is 9.98. The number of carbonyl (C=O) groups excluding carboxylic acids is 1.